The molecule has 1 unspecified atom stereocenters. The number of para-hydroxylation sites is 1. The molecule has 4 heterocycles. The standard InChI is InChI=1S/C25H32N4O2/c1-3-12-27-15-19(22-6-4-5-7-23(22)27)16-28-20-9-10-21(28)14-25(31,13-20)17-29-24(30)11-8-18(2)26-29/h4-8,11,15,20-21,31H,3,9-10,12-14,16-17H2,1-2H3/t20-,21+,25?. The van der Waals surface area contributed by atoms with Gasteiger partial charge in [0.2, 0.25) is 0 Å². The molecule has 31 heavy (non-hydrogen) atoms. The molecule has 1 N–H and O–H groups in total. The number of benzene rings is 1. The quantitative estimate of drug-likeness (QED) is 0.663. The molecule has 2 aromatic heterocycles. The molecule has 0 aliphatic carbocycles. The molecule has 2 saturated heterocycles. The van der Waals surface area contributed by atoms with Crippen molar-refractivity contribution in [3.8, 4) is 0 Å². The molecule has 5 rings (SSSR count). The number of aryl methyl sites for hydroxylation is 2. The van der Waals surface area contributed by atoms with Crippen LogP contribution in [0.5, 0.6) is 0 Å². The van der Waals surface area contributed by atoms with Crippen molar-refractivity contribution in [1.29, 1.82) is 0 Å². The zero-order valence-electron chi connectivity index (χ0n) is 18.5. The third-order valence-corrected chi connectivity index (χ3v) is 7.13. The minimum Gasteiger partial charge on any atom is -0.388 e. The molecule has 2 fully saturated rings. The van der Waals surface area contributed by atoms with E-state index in [4.69, 9.17) is 0 Å². The summed E-state index contributed by atoms with van der Waals surface area (Å²) in [7, 11) is 0. The predicted molar refractivity (Wildman–Crippen MR) is 122 cm³/mol. The molecule has 0 spiro atoms. The van der Waals surface area contributed by atoms with Crippen molar-refractivity contribution < 1.29 is 5.11 Å². The Morgan fingerprint density at radius 3 is 2.61 bits per heavy atom. The summed E-state index contributed by atoms with van der Waals surface area (Å²) in [6, 6.07) is 12.6. The fourth-order valence-corrected chi connectivity index (χ4v) is 5.82. The largest absolute Gasteiger partial charge is 0.388 e. The summed E-state index contributed by atoms with van der Waals surface area (Å²) < 4.78 is 3.82. The van der Waals surface area contributed by atoms with Crippen molar-refractivity contribution in [3.05, 3.63) is 64.2 Å². The Hall–Kier alpha value is -2.44. The Labute approximate surface area is 183 Å². The summed E-state index contributed by atoms with van der Waals surface area (Å²) in [5.41, 5.74) is 2.47. The first kappa shape index (κ1) is 20.5. The van der Waals surface area contributed by atoms with Gasteiger partial charge in [-0.2, -0.15) is 5.10 Å². The first-order valence-electron chi connectivity index (χ1n) is 11.6. The lowest BCUT2D eigenvalue weighted by Crippen LogP contribution is -2.53. The van der Waals surface area contributed by atoms with Crippen molar-refractivity contribution >= 4 is 10.9 Å². The number of piperidine rings is 1. The maximum atomic E-state index is 12.2. The van der Waals surface area contributed by atoms with Crippen LogP contribution in [0.25, 0.3) is 10.9 Å². The van der Waals surface area contributed by atoms with Crippen LogP contribution in [0.3, 0.4) is 0 Å². The molecule has 2 aliphatic rings. The molecule has 164 valence electrons. The van der Waals surface area contributed by atoms with E-state index in [0.717, 1.165) is 38.0 Å². The zero-order valence-corrected chi connectivity index (χ0v) is 18.5. The van der Waals surface area contributed by atoms with Gasteiger partial charge in [-0.05, 0) is 56.7 Å². The van der Waals surface area contributed by atoms with Gasteiger partial charge < -0.3 is 9.67 Å². The van der Waals surface area contributed by atoms with Gasteiger partial charge in [0, 0.05) is 48.3 Å². The fourth-order valence-electron chi connectivity index (χ4n) is 5.82. The van der Waals surface area contributed by atoms with Crippen molar-refractivity contribution in [2.75, 3.05) is 0 Å². The van der Waals surface area contributed by atoms with Gasteiger partial charge >= 0.3 is 0 Å². The number of aromatic nitrogens is 3. The minimum absolute atomic E-state index is 0.141. The van der Waals surface area contributed by atoms with Gasteiger partial charge in [-0.15, -0.1) is 0 Å². The fraction of sp³-hybridized carbons (Fsp3) is 0.520. The number of hydrogen-bond donors (Lipinski definition) is 1. The second-order valence-electron chi connectivity index (χ2n) is 9.53. The summed E-state index contributed by atoms with van der Waals surface area (Å²) in [4.78, 5) is 14.8. The zero-order chi connectivity index (χ0) is 21.6. The Balaban J connectivity index is 1.37. The predicted octanol–water partition coefficient (Wildman–Crippen LogP) is 3.47. The van der Waals surface area contributed by atoms with Gasteiger partial charge in [-0.25, -0.2) is 4.68 Å². The summed E-state index contributed by atoms with van der Waals surface area (Å²) in [6.07, 6.45) is 7.04. The van der Waals surface area contributed by atoms with E-state index in [9.17, 15) is 9.90 Å². The molecule has 3 aromatic rings. The summed E-state index contributed by atoms with van der Waals surface area (Å²) in [6.45, 7) is 6.33. The van der Waals surface area contributed by atoms with E-state index >= 15 is 0 Å². The lowest BCUT2D eigenvalue weighted by molar-refractivity contribution is -0.0677. The van der Waals surface area contributed by atoms with E-state index in [2.05, 4.69) is 52.0 Å². The Kier molecular flexibility index (Phi) is 5.22. The minimum atomic E-state index is -0.872. The van der Waals surface area contributed by atoms with Crippen LogP contribution in [0, 0.1) is 6.92 Å². The first-order chi connectivity index (χ1) is 15.0. The molecule has 0 radical (unpaired) electrons. The molecule has 1 aromatic carbocycles. The SMILES string of the molecule is CCCn1cc(CN2[C@@H]3CC[C@H]2CC(O)(Cn2nc(C)ccc2=O)C3)c2ccccc21. The van der Waals surface area contributed by atoms with Gasteiger partial charge in [0.1, 0.15) is 0 Å². The van der Waals surface area contributed by atoms with Crippen LogP contribution in [0.4, 0.5) is 0 Å². The van der Waals surface area contributed by atoms with Crippen LogP contribution in [-0.2, 0) is 19.6 Å². The van der Waals surface area contributed by atoms with Gasteiger partial charge in [-0.3, -0.25) is 9.69 Å². The van der Waals surface area contributed by atoms with E-state index in [1.54, 1.807) is 12.1 Å². The molecule has 0 saturated carbocycles. The number of rotatable bonds is 6. The second kappa shape index (κ2) is 7.92. The van der Waals surface area contributed by atoms with E-state index < -0.39 is 5.60 Å². The first-order valence-corrected chi connectivity index (χ1v) is 11.6. The topological polar surface area (TPSA) is 63.3 Å². The average molecular weight is 421 g/mol. The molecule has 2 bridgehead atoms. The number of aliphatic hydroxyl groups is 1. The van der Waals surface area contributed by atoms with Crippen molar-refractivity contribution in [2.45, 2.75) is 83.3 Å². The summed E-state index contributed by atoms with van der Waals surface area (Å²) in [5, 5.41) is 17.1. The Bertz CT molecular complexity index is 1130. The third kappa shape index (κ3) is 3.83. The highest BCUT2D eigenvalue weighted by Crippen LogP contribution is 2.42. The van der Waals surface area contributed by atoms with Crippen LogP contribution in [0.15, 0.2) is 47.4 Å². The molecule has 0 amide bonds. The van der Waals surface area contributed by atoms with Crippen molar-refractivity contribution in [3.63, 3.8) is 0 Å². The summed E-state index contributed by atoms with van der Waals surface area (Å²) in [5.74, 6) is 0. The van der Waals surface area contributed by atoms with Gasteiger partial charge in [0.05, 0.1) is 17.8 Å². The van der Waals surface area contributed by atoms with Crippen molar-refractivity contribution in [1.82, 2.24) is 19.2 Å². The van der Waals surface area contributed by atoms with Crippen LogP contribution < -0.4 is 5.56 Å². The molecular formula is C25H32N4O2. The number of nitrogens with zero attached hydrogens (tertiary/aromatic N) is 4. The molecule has 3 atom stereocenters. The Morgan fingerprint density at radius 2 is 1.87 bits per heavy atom. The van der Waals surface area contributed by atoms with Crippen LogP contribution in [0.2, 0.25) is 0 Å². The molecule has 6 nitrogen and oxygen atoms in total. The van der Waals surface area contributed by atoms with Crippen LogP contribution >= 0.6 is 0 Å². The summed E-state index contributed by atoms with van der Waals surface area (Å²) >= 11 is 0. The molecular weight excluding hydrogens is 388 g/mol. The van der Waals surface area contributed by atoms with Gasteiger partial charge in [-0.1, -0.05) is 25.1 Å². The highest BCUT2D eigenvalue weighted by molar-refractivity contribution is 5.84. The van der Waals surface area contributed by atoms with E-state index in [1.165, 1.54) is 21.1 Å². The van der Waals surface area contributed by atoms with E-state index in [1.807, 2.05) is 6.92 Å². The van der Waals surface area contributed by atoms with Gasteiger partial charge in [0.15, 0.2) is 0 Å². The number of hydrogen-bond acceptors (Lipinski definition) is 4. The normalized spacial score (nSPS) is 26.0. The maximum absolute atomic E-state index is 12.2. The van der Waals surface area contributed by atoms with Crippen molar-refractivity contribution in [2.24, 2.45) is 0 Å². The third-order valence-electron chi connectivity index (χ3n) is 7.13. The van der Waals surface area contributed by atoms with Crippen LogP contribution in [-0.4, -0.2) is 42.0 Å². The monoisotopic (exact) mass is 420 g/mol. The lowest BCUT2D eigenvalue weighted by atomic mass is 9.85. The molecule has 2 aliphatic heterocycles. The molecule has 6 heteroatoms. The van der Waals surface area contributed by atoms with Crippen LogP contribution in [0.1, 0.15) is 50.3 Å². The maximum Gasteiger partial charge on any atom is 0.266 e. The smallest absolute Gasteiger partial charge is 0.266 e. The van der Waals surface area contributed by atoms with E-state index in [-0.39, 0.29) is 12.1 Å². The highest BCUT2D eigenvalue weighted by Gasteiger charge is 2.47. The Morgan fingerprint density at radius 1 is 1.13 bits per heavy atom. The lowest BCUT2D eigenvalue weighted by Gasteiger charge is -2.43. The second-order valence-corrected chi connectivity index (χ2v) is 9.53. The average Bonchev–Trinajstić information content (AvgIpc) is 3.21. The highest BCUT2D eigenvalue weighted by atomic mass is 16.3. The van der Waals surface area contributed by atoms with Gasteiger partial charge in [0.25, 0.3) is 5.56 Å². The van der Waals surface area contributed by atoms with E-state index in [0.29, 0.717) is 24.9 Å². The number of fused-ring (bicyclic) bond motifs is 3.